The molecule has 5 nitrogen and oxygen atoms in total. The SMILES string of the molecule is Cc1cc(C)c(NC(=O)c2cnc(Nc3ccc(F)cc3)nc2)c(C)c1. The number of amides is 1. The summed E-state index contributed by atoms with van der Waals surface area (Å²) in [6.07, 6.45) is 2.90. The summed E-state index contributed by atoms with van der Waals surface area (Å²) in [5.74, 6) is -0.255. The van der Waals surface area contributed by atoms with E-state index in [9.17, 15) is 9.18 Å². The average molecular weight is 350 g/mol. The van der Waals surface area contributed by atoms with Gasteiger partial charge in [-0.2, -0.15) is 0 Å². The Kier molecular flexibility index (Phi) is 4.93. The van der Waals surface area contributed by atoms with Gasteiger partial charge in [-0.15, -0.1) is 0 Å². The number of hydrogen-bond donors (Lipinski definition) is 2. The van der Waals surface area contributed by atoms with Crippen LogP contribution in [0.1, 0.15) is 27.0 Å². The van der Waals surface area contributed by atoms with E-state index in [-0.39, 0.29) is 11.7 Å². The van der Waals surface area contributed by atoms with Crippen molar-refractivity contribution in [3.8, 4) is 0 Å². The number of nitrogens with one attached hydrogen (secondary N) is 2. The molecular formula is C20H19FN4O. The van der Waals surface area contributed by atoms with Crippen molar-refractivity contribution in [1.29, 1.82) is 0 Å². The van der Waals surface area contributed by atoms with E-state index in [1.54, 1.807) is 12.1 Å². The highest BCUT2D eigenvalue weighted by atomic mass is 19.1. The molecule has 0 aliphatic heterocycles. The Bertz CT molecular complexity index is 914. The predicted octanol–water partition coefficient (Wildman–Crippen LogP) is 4.54. The summed E-state index contributed by atoms with van der Waals surface area (Å²) in [7, 11) is 0. The normalized spacial score (nSPS) is 10.5. The first-order valence-corrected chi connectivity index (χ1v) is 8.16. The van der Waals surface area contributed by atoms with Crippen molar-refractivity contribution >= 4 is 23.2 Å². The van der Waals surface area contributed by atoms with Gasteiger partial charge in [-0.25, -0.2) is 14.4 Å². The molecule has 3 aromatic rings. The fraction of sp³-hybridized carbons (Fsp3) is 0.150. The number of nitrogens with zero attached hydrogens (tertiary/aromatic N) is 2. The second kappa shape index (κ2) is 7.31. The highest BCUT2D eigenvalue weighted by Crippen LogP contribution is 2.22. The fourth-order valence-electron chi connectivity index (χ4n) is 2.74. The Hall–Kier alpha value is -3.28. The van der Waals surface area contributed by atoms with Gasteiger partial charge in [0.2, 0.25) is 5.95 Å². The van der Waals surface area contributed by atoms with Gasteiger partial charge in [0.05, 0.1) is 5.56 Å². The molecule has 0 saturated carbocycles. The van der Waals surface area contributed by atoms with Crippen LogP contribution in [0, 0.1) is 26.6 Å². The highest BCUT2D eigenvalue weighted by molar-refractivity contribution is 6.04. The molecule has 0 fully saturated rings. The van der Waals surface area contributed by atoms with E-state index in [2.05, 4.69) is 20.6 Å². The van der Waals surface area contributed by atoms with Gasteiger partial charge in [0.1, 0.15) is 5.82 Å². The standard InChI is InChI=1S/C20H19FN4O/c1-12-8-13(2)18(14(3)9-12)25-19(26)15-10-22-20(23-11-15)24-17-6-4-16(21)5-7-17/h4-11H,1-3H3,(H,25,26)(H,22,23,24). The topological polar surface area (TPSA) is 66.9 Å². The Balaban J connectivity index is 1.72. The van der Waals surface area contributed by atoms with E-state index < -0.39 is 0 Å². The molecule has 1 heterocycles. The van der Waals surface area contributed by atoms with Gasteiger partial charge >= 0.3 is 0 Å². The Morgan fingerprint density at radius 3 is 2.12 bits per heavy atom. The number of aryl methyl sites for hydroxylation is 3. The molecular weight excluding hydrogens is 331 g/mol. The molecule has 0 aliphatic carbocycles. The van der Waals surface area contributed by atoms with E-state index in [1.165, 1.54) is 24.5 Å². The van der Waals surface area contributed by atoms with Gasteiger partial charge in [0, 0.05) is 23.8 Å². The highest BCUT2D eigenvalue weighted by Gasteiger charge is 2.11. The minimum absolute atomic E-state index is 0.270. The van der Waals surface area contributed by atoms with Crippen LogP contribution in [0.25, 0.3) is 0 Å². The number of halogens is 1. The van der Waals surface area contributed by atoms with Crippen LogP contribution in [0.4, 0.5) is 21.7 Å². The van der Waals surface area contributed by atoms with Crippen molar-refractivity contribution in [2.24, 2.45) is 0 Å². The molecule has 1 aromatic heterocycles. The molecule has 0 aliphatic rings. The third kappa shape index (κ3) is 4.03. The van der Waals surface area contributed by atoms with E-state index in [0.717, 1.165) is 22.4 Å². The molecule has 3 rings (SSSR count). The van der Waals surface area contributed by atoms with Gasteiger partial charge < -0.3 is 10.6 Å². The lowest BCUT2D eigenvalue weighted by molar-refractivity contribution is 0.102. The summed E-state index contributed by atoms with van der Waals surface area (Å²) in [6.45, 7) is 5.94. The van der Waals surface area contributed by atoms with Crippen LogP contribution < -0.4 is 10.6 Å². The quantitative estimate of drug-likeness (QED) is 0.725. The molecule has 0 radical (unpaired) electrons. The minimum atomic E-state index is -0.315. The van der Waals surface area contributed by atoms with Gasteiger partial charge in [-0.1, -0.05) is 17.7 Å². The molecule has 0 saturated heterocycles. The molecule has 2 aromatic carbocycles. The van der Waals surface area contributed by atoms with E-state index in [0.29, 0.717) is 17.2 Å². The molecule has 132 valence electrons. The summed E-state index contributed by atoms with van der Waals surface area (Å²) in [5.41, 5.74) is 4.98. The average Bonchev–Trinajstić information content (AvgIpc) is 2.60. The molecule has 2 N–H and O–H groups in total. The Morgan fingerprint density at radius 2 is 1.54 bits per heavy atom. The first-order valence-electron chi connectivity index (χ1n) is 8.16. The minimum Gasteiger partial charge on any atom is -0.324 e. The summed E-state index contributed by atoms with van der Waals surface area (Å²) in [4.78, 5) is 20.7. The van der Waals surface area contributed by atoms with Crippen LogP contribution in [0.5, 0.6) is 0 Å². The number of anilines is 3. The zero-order valence-electron chi connectivity index (χ0n) is 14.8. The smallest absolute Gasteiger partial charge is 0.258 e. The monoisotopic (exact) mass is 350 g/mol. The van der Waals surface area contributed by atoms with Gasteiger partial charge in [0.25, 0.3) is 5.91 Å². The number of carbonyl (C=O) groups excluding carboxylic acids is 1. The summed E-state index contributed by atoms with van der Waals surface area (Å²) in [5, 5.41) is 5.87. The molecule has 0 unspecified atom stereocenters. The van der Waals surface area contributed by atoms with Crippen molar-refractivity contribution in [2.75, 3.05) is 10.6 Å². The maximum absolute atomic E-state index is 12.9. The lowest BCUT2D eigenvalue weighted by Gasteiger charge is -2.13. The van der Waals surface area contributed by atoms with Crippen LogP contribution in [0.3, 0.4) is 0 Å². The number of hydrogen-bond acceptors (Lipinski definition) is 4. The summed E-state index contributed by atoms with van der Waals surface area (Å²) < 4.78 is 12.9. The van der Waals surface area contributed by atoms with Crippen molar-refractivity contribution in [3.63, 3.8) is 0 Å². The molecule has 1 amide bonds. The first-order chi connectivity index (χ1) is 12.4. The van der Waals surface area contributed by atoms with Crippen LogP contribution in [0.15, 0.2) is 48.8 Å². The van der Waals surface area contributed by atoms with Crippen molar-refractivity contribution in [3.05, 3.63) is 76.9 Å². The first kappa shape index (κ1) is 17.5. The number of benzene rings is 2. The summed E-state index contributed by atoms with van der Waals surface area (Å²) >= 11 is 0. The second-order valence-corrected chi connectivity index (χ2v) is 6.16. The molecule has 26 heavy (non-hydrogen) atoms. The maximum atomic E-state index is 12.9. The lowest BCUT2D eigenvalue weighted by Crippen LogP contribution is -2.15. The molecule has 0 bridgehead atoms. The van der Waals surface area contributed by atoms with Crippen LogP contribution in [-0.2, 0) is 0 Å². The third-order valence-corrected chi connectivity index (χ3v) is 3.93. The summed E-state index contributed by atoms with van der Waals surface area (Å²) in [6, 6.07) is 9.90. The predicted molar refractivity (Wildman–Crippen MR) is 100 cm³/mol. The van der Waals surface area contributed by atoms with E-state index in [4.69, 9.17) is 0 Å². The lowest BCUT2D eigenvalue weighted by atomic mass is 10.0. The van der Waals surface area contributed by atoms with Crippen molar-refractivity contribution in [1.82, 2.24) is 9.97 Å². The van der Waals surface area contributed by atoms with Gasteiger partial charge in [0.15, 0.2) is 0 Å². The Labute approximate surface area is 151 Å². The van der Waals surface area contributed by atoms with Gasteiger partial charge in [-0.3, -0.25) is 4.79 Å². The Morgan fingerprint density at radius 1 is 0.962 bits per heavy atom. The number of carbonyl (C=O) groups is 1. The number of rotatable bonds is 4. The van der Waals surface area contributed by atoms with Crippen LogP contribution in [0.2, 0.25) is 0 Å². The van der Waals surface area contributed by atoms with Crippen molar-refractivity contribution < 1.29 is 9.18 Å². The fourth-order valence-corrected chi connectivity index (χ4v) is 2.74. The van der Waals surface area contributed by atoms with Crippen molar-refractivity contribution in [2.45, 2.75) is 20.8 Å². The van der Waals surface area contributed by atoms with E-state index in [1.807, 2.05) is 32.9 Å². The van der Waals surface area contributed by atoms with Gasteiger partial charge in [-0.05, 0) is 56.2 Å². The largest absolute Gasteiger partial charge is 0.324 e. The third-order valence-electron chi connectivity index (χ3n) is 3.93. The maximum Gasteiger partial charge on any atom is 0.258 e. The molecule has 0 spiro atoms. The van der Waals surface area contributed by atoms with Crippen LogP contribution in [-0.4, -0.2) is 15.9 Å². The molecule has 0 atom stereocenters. The second-order valence-electron chi connectivity index (χ2n) is 6.16. The number of aromatic nitrogens is 2. The molecule has 6 heteroatoms. The van der Waals surface area contributed by atoms with Crippen LogP contribution >= 0.6 is 0 Å². The zero-order chi connectivity index (χ0) is 18.7. The van der Waals surface area contributed by atoms with E-state index >= 15 is 0 Å². The zero-order valence-corrected chi connectivity index (χ0v) is 14.8.